The summed E-state index contributed by atoms with van der Waals surface area (Å²) in [6.07, 6.45) is 0. The van der Waals surface area contributed by atoms with Crippen LogP contribution in [0.2, 0.25) is 0 Å². The Morgan fingerprint density at radius 3 is 2.00 bits per heavy atom. The molecule has 0 heterocycles. The van der Waals surface area contributed by atoms with Crippen LogP contribution in [0.1, 0.15) is 11.1 Å². The van der Waals surface area contributed by atoms with E-state index in [1.54, 1.807) is 12.1 Å². The van der Waals surface area contributed by atoms with E-state index in [2.05, 4.69) is 0 Å². The van der Waals surface area contributed by atoms with Crippen molar-refractivity contribution in [2.24, 2.45) is 0 Å². The third kappa shape index (κ3) is 3.92. The molecule has 0 saturated heterocycles. The molecule has 1 aromatic rings. The van der Waals surface area contributed by atoms with Crippen LogP contribution in [0, 0.1) is 13.8 Å². The molecule has 0 spiro atoms. The van der Waals surface area contributed by atoms with Crippen LogP contribution < -0.4 is 4.52 Å². The van der Waals surface area contributed by atoms with Crippen molar-refractivity contribution in [1.29, 1.82) is 0 Å². The molecule has 5 heteroatoms. The molecule has 3 nitrogen and oxygen atoms in total. The SMILES string of the molecule is Cc1cc(C)cc(O[PH](O)(O)Cl)c1. The van der Waals surface area contributed by atoms with E-state index in [4.69, 9.17) is 25.6 Å². The minimum atomic E-state index is -3.97. The molecule has 13 heavy (non-hydrogen) atoms. The zero-order valence-electron chi connectivity index (χ0n) is 7.41. The topological polar surface area (TPSA) is 49.7 Å². The summed E-state index contributed by atoms with van der Waals surface area (Å²) in [5, 5.41) is 0. The molecule has 0 fully saturated rings. The molecule has 0 unspecified atom stereocenters. The van der Waals surface area contributed by atoms with Gasteiger partial charge in [-0.05, 0) is 0 Å². The van der Waals surface area contributed by atoms with Gasteiger partial charge in [0.2, 0.25) is 0 Å². The van der Waals surface area contributed by atoms with Crippen molar-refractivity contribution in [3.63, 3.8) is 0 Å². The van der Waals surface area contributed by atoms with Gasteiger partial charge in [0.1, 0.15) is 0 Å². The third-order valence-electron chi connectivity index (χ3n) is 1.44. The summed E-state index contributed by atoms with van der Waals surface area (Å²) in [6.45, 7) is 3.79. The average molecular weight is 223 g/mol. The number of aryl methyl sites for hydroxylation is 2. The maximum absolute atomic E-state index is 8.89. The van der Waals surface area contributed by atoms with Gasteiger partial charge in [-0.25, -0.2) is 0 Å². The Bertz CT molecular complexity index is 288. The molecule has 0 bridgehead atoms. The van der Waals surface area contributed by atoms with Crippen LogP contribution in [0.25, 0.3) is 0 Å². The van der Waals surface area contributed by atoms with Crippen LogP contribution in [0.15, 0.2) is 18.2 Å². The van der Waals surface area contributed by atoms with Gasteiger partial charge in [0.25, 0.3) is 0 Å². The van der Waals surface area contributed by atoms with Crippen molar-refractivity contribution in [2.75, 3.05) is 0 Å². The van der Waals surface area contributed by atoms with Gasteiger partial charge in [0.05, 0.1) is 0 Å². The zero-order chi connectivity index (χ0) is 10.1. The molecule has 0 aliphatic rings. The first-order valence-electron chi connectivity index (χ1n) is 3.78. The van der Waals surface area contributed by atoms with Gasteiger partial charge < -0.3 is 0 Å². The molecule has 2 N–H and O–H groups in total. The van der Waals surface area contributed by atoms with Crippen LogP contribution in [0.4, 0.5) is 0 Å². The number of hydrogen-bond acceptors (Lipinski definition) is 3. The summed E-state index contributed by atoms with van der Waals surface area (Å²) in [6, 6.07) is 5.35. The number of benzene rings is 1. The molecular formula is C8H12ClO3P. The Morgan fingerprint density at radius 2 is 1.62 bits per heavy atom. The fraction of sp³-hybridized carbons (Fsp3) is 0.250. The molecule has 1 aromatic carbocycles. The van der Waals surface area contributed by atoms with E-state index >= 15 is 0 Å². The number of halogens is 1. The number of rotatable bonds is 2. The normalized spacial score (nSPS) is 12.7. The molecule has 74 valence electrons. The van der Waals surface area contributed by atoms with Crippen LogP contribution >= 0.6 is 18.5 Å². The zero-order valence-corrected chi connectivity index (χ0v) is 9.17. The number of hydrogen-bond donors (Lipinski definition) is 2. The van der Waals surface area contributed by atoms with Crippen LogP contribution in [0.5, 0.6) is 5.75 Å². The van der Waals surface area contributed by atoms with Crippen LogP contribution in [-0.4, -0.2) is 9.79 Å². The van der Waals surface area contributed by atoms with Gasteiger partial charge in [-0.2, -0.15) is 0 Å². The van der Waals surface area contributed by atoms with Gasteiger partial charge in [0.15, 0.2) is 0 Å². The molecule has 0 saturated carbocycles. The molecule has 0 aromatic heterocycles. The predicted molar refractivity (Wildman–Crippen MR) is 55.1 cm³/mol. The molecule has 0 aliphatic carbocycles. The van der Waals surface area contributed by atoms with E-state index in [-0.39, 0.29) is 0 Å². The molecule has 1 rings (SSSR count). The quantitative estimate of drug-likeness (QED) is 0.755. The van der Waals surface area contributed by atoms with Gasteiger partial charge in [-0.15, -0.1) is 0 Å². The Morgan fingerprint density at radius 1 is 1.15 bits per heavy atom. The second-order valence-electron chi connectivity index (χ2n) is 2.95. The van der Waals surface area contributed by atoms with E-state index in [0.717, 1.165) is 11.1 Å². The summed E-state index contributed by atoms with van der Waals surface area (Å²) >= 11 is 5.20. The predicted octanol–water partition coefficient (Wildman–Crippen LogP) is 2.32. The summed E-state index contributed by atoms with van der Waals surface area (Å²) in [5.41, 5.74) is 1.98. The molecule has 0 radical (unpaired) electrons. The summed E-state index contributed by atoms with van der Waals surface area (Å²) in [5.74, 6) is 0.393. The Kier molecular flexibility index (Phi) is 3.14. The molecule has 0 aliphatic heterocycles. The summed E-state index contributed by atoms with van der Waals surface area (Å²) in [7, 11) is -3.97. The monoisotopic (exact) mass is 222 g/mol. The Hall–Kier alpha value is -0.340. The Balaban J connectivity index is 2.90. The molecular weight excluding hydrogens is 211 g/mol. The maximum atomic E-state index is 8.89. The van der Waals surface area contributed by atoms with E-state index in [1.165, 1.54) is 0 Å². The summed E-state index contributed by atoms with van der Waals surface area (Å²) in [4.78, 5) is 17.8. The minimum absolute atomic E-state index is 0.393. The van der Waals surface area contributed by atoms with Crippen molar-refractivity contribution < 1.29 is 14.3 Å². The van der Waals surface area contributed by atoms with E-state index in [1.807, 2.05) is 19.9 Å². The van der Waals surface area contributed by atoms with Crippen LogP contribution in [-0.2, 0) is 0 Å². The van der Waals surface area contributed by atoms with Gasteiger partial charge in [-0.1, -0.05) is 0 Å². The van der Waals surface area contributed by atoms with Crippen molar-refractivity contribution in [1.82, 2.24) is 0 Å². The van der Waals surface area contributed by atoms with Gasteiger partial charge in [-0.3, -0.25) is 0 Å². The van der Waals surface area contributed by atoms with Crippen molar-refractivity contribution in [3.8, 4) is 5.75 Å². The van der Waals surface area contributed by atoms with E-state index < -0.39 is 7.30 Å². The average Bonchev–Trinajstić information content (AvgIpc) is 1.78. The van der Waals surface area contributed by atoms with E-state index in [9.17, 15) is 0 Å². The fourth-order valence-electron chi connectivity index (χ4n) is 1.14. The Labute approximate surface area is 82.3 Å². The second kappa shape index (κ2) is 3.81. The van der Waals surface area contributed by atoms with Crippen LogP contribution in [0.3, 0.4) is 0 Å². The first kappa shape index (κ1) is 10.7. The van der Waals surface area contributed by atoms with Crippen molar-refractivity contribution in [2.45, 2.75) is 13.8 Å². The fourth-order valence-corrected chi connectivity index (χ4v) is 1.83. The van der Waals surface area contributed by atoms with Gasteiger partial charge >= 0.3 is 81.8 Å². The standard InChI is InChI=1S/C8H12ClO3P/c1-6-3-7(2)5-8(4-6)12-13(9,10)11/h3-5,10-11,13H,1-2H3. The van der Waals surface area contributed by atoms with Gasteiger partial charge in [0, 0.05) is 0 Å². The third-order valence-corrected chi connectivity index (χ3v) is 2.17. The first-order valence-corrected chi connectivity index (χ1v) is 6.59. The van der Waals surface area contributed by atoms with E-state index in [0.29, 0.717) is 5.75 Å². The summed E-state index contributed by atoms with van der Waals surface area (Å²) < 4.78 is 4.78. The second-order valence-corrected chi connectivity index (χ2v) is 5.69. The van der Waals surface area contributed by atoms with Crippen molar-refractivity contribution >= 4 is 18.5 Å². The molecule has 0 atom stereocenters. The molecule has 0 amide bonds. The first-order chi connectivity index (χ1) is 5.87. The van der Waals surface area contributed by atoms with Crippen molar-refractivity contribution in [3.05, 3.63) is 29.3 Å².